The Morgan fingerprint density at radius 2 is 2.06 bits per heavy atom. The molecule has 4 heterocycles. The summed E-state index contributed by atoms with van der Waals surface area (Å²) in [5.74, 6) is 1.35. The summed E-state index contributed by atoms with van der Waals surface area (Å²) in [6.45, 7) is 3.10. The van der Waals surface area contributed by atoms with Gasteiger partial charge in [-0.25, -0.2) is 4.79 Å². The van der Waals surface area contributed by atoms with Gasteiger partial charge in [0.1, 0.15) is 5.65 Å². The molecule has 1 fully saturated rings. The van der Waals surface area contributed by atoms with E-state index in [2.05, 4.69) is 45.7 Å². The van der Waals surface area contributed by atoms with E-state index in [1.165, 1.54) is 30.2 Å². The highest BCUT2D eigenvalue weighted by Gasteiger charge is 2.21. The first kappa shape index (κ1) is 23.7. The number of nitrogens with zero attached hydrogens (tertiary/aromatic N) is 2. The third-order valence-electron chi connectivity index (χ3n) is 6.89. The van der Waals surface area contributed by atoms with Crippen molar-refractivity contribution >= 4 is 33.7 Å². The SMILES string of the molecule is C[C@H]1C=C(c2cc3cn(-c4ccc([C@@H]5CCCC[C@@H](CCSC(=N)N)N5)cc4)c(=O)nc3[nH]2)NC1. The maximum absolute atomic E-state index is 12.8. The van der Waals surface area contributed by atoms with Crippen LogP contribution < -0.4 is 22.1 Å². The normalized spacial score (nSPS) is 22.5. The first-order valence-corrected chi connectivity index (χ1v) is 13.4. The van der Waals surface area contributed by atoms with E-state index in [0.29, 0.717) is 17.6 Å². The second-order valence-electron chi connectivity index (χ2n) is 9.61. The molecular weight excluding hydrogens is 458 g/mol. The summed E-state index contributed by atoms with van der Waals surface area (Å²) in [5.41, 5.74) is 9.87. The third kappa shape index (κ3) is 5.46. The van der Waals surface area contributed by atoms with Gasteiger partial charge in [-0.3, -0.25) is 9.98 Å². The minimum atomic E-state index is -0.295. The standard InChI is InChI=1S/C26H33N7OS/c1-16-12-22(29-14-16)23-13-18-15-33(26(34)32-24(18)31-23)20-8-6-17(7-9-20)21-5-3-2-4-19(30-21)10-11-35-25(27)28/h6-9,12-13,15-16,19,21,29-30H,2-5,10-11,14H2,1H3,(H3,27,28)(H,31,32,34)/t16-,19-,21-/m0/s1. The second kappa shape index (κ2) is 10.3. The number of nitrogens with two attached hydrogens (primary N) is 1. The van der Waals surface area contributed by atoms with Crippen LogP contribution in [0.5, 0.6) is 0 Å². The number of nitrogens with one attached hydrogen (secondary N) is 4. The zero-order valence-corrected chi connectivity index (χ0v) is 20.8. The summed E-state index contributed by atoms with van der Waals surface area (Å²) in [6.07, 6.45) is 9.71. The summed E-state index contributed by atoms with van der Waals surface area (Å²) in [6, 6.07) is 11.0. The van der Waals surface area contributed by atoms with Crippen LogP contribution in [-0.4, -0.2) is 38.0 Å². The topological polar surface area (TPSA) is 125 Å². The van der Waals surface area contributed by atoms with Gasteiger partial charge in [-0.1, -0.05) is 49.7 Å². The number of fused-ring (bicyclic) bond motifs is 1. The molecule has 2 aliphatic heterocycles. The van der Waals surface area contributed by atoms with Crippen molar-refractivity contribution in [3.8, 4) is 5.69 Å². The molecule has 0 saturated carbocycles. The largest absolute Gasteiger partial charge is 0.383 e. The van der Waals surface area contributed by atoms with Crippen molar-refractivity contribution in [3.63, 3.8) is 0 Å². The summed E-state index contributed by atoms with van der Waals surface area (Å²) in [5, 5.41) is 15.7. The molecule has 184 valence electrons. The number of aromatic amines is 1. The molecule has 2 aliphatic rings. The van der Waals surface area contributed by atoms with Gasteiger partial charge in [0, 0.05) is 36.0 Å². The molecule has 0 aliphatic carbocycles. The number of rotatable bonds is 6. The van der Waals surface area contributed by atoms with Gasteiger partial charge >= 0.3 is 5.69 Å². The molecule has 0 spiro atoms. The van der Waals surface area contributed by atoms with Crippen molar-refractivity contribution in [2.24, 2.45) is 11.7 Å². The Morgan fingerprint density at radius 1 is 1.26 bits per heavy atom. The van der Waals surface area contributed by atoms with Gasteiger partial charge in [0.15, 0.2) is 5.17 Å². The van der Waals surface area contributed by atoms with Crippen molar-refractivity contribution < 1.29 is 0 Å². The van der Waals surface area contributed by atoms with Gasteiger partial charge in [0.05, 0.1) is 17.1 Å². The van der Waals surface area contributed by atoms with Crippen molar-refractivity contribution in [1.29, 1.82) is 5.41 Å². The van der Waals surface area contributed by atoms with Crippen molar-refractivity contribution in [2.75, 3.05) is 12.3 Å². The van der Waals surface area contributed by atoms with Crippen molar-refractivity contribution in [1.82, 2.24) is 25.2 Å². The molecule has 0 radical (unpaired) electrons. The second-order valence-corrected chi connectivity index (χ2v) is 10.7. The first-order valence-electron chi connectivity index (χ1n) is 12.4. The highest BCUT2D eigenvalue weighted by molar-refractivity contribution is 8.13. The van der Waals surface area contributed by atoms with Crippen LogP contribution in [0.1, 0.15) is 56.3 Å². The number of H-pyrrole nitrogens is 1. The fraction of sp³-hybridized carbons (Fsp3) is 0.423. The van der Waals surface area contributed by atoms with Crippen LogP contribution in [-0.2, 0) is 0 Å². The Kier molecular flexibility index (Phi) is 6.97. The summed E-state index contributed by atoms with van der Waals surface area (Å²) in [4.78, 5) is 20.4. The lowest BCUT2D eigenvalue weighted by Gasteiger charge is -2.23. The molecule has 2 aromatic heterocycles. The summed E-state index contributed by atoms with van der Waals surface area (Å²) < 4.78 is 1.62. The monoisotopic (exact) mass is 491 g/mol. The number of benzene rings is 1. The van der Waals surface area contributed by atoms with E-state index in [-0.39, 0.29) is 16.9 Å². The lowest BCUT2D eigenvalue weighted by atomic mass is 10.0. The highest BCUT2D eigenvalue weighted by Crippen LogP contribution is 2.27. The first-order chi connectivity index (χ1) is 17.0. The molecule has 1 aromatic carbocycles. The van der Waals surface area contributed by atoms with Crippen LogP contribution in [0.2, 0.25) is 0 Å². The van der Waals surface area contributed by atoms with Gasteiger partial charge in [-0.2, -0.15) is 4.98 Å². The third-order valence-corrected chi connectivity index (χ3v) is 7.64. The predicted octanol–water partition coefficient (Wildman–Crippen LogP) is 3.88. The maximum atomic E-state index is 12.8. The molecule has 0 unspecified atom stereocenters. The van der Waals surface area contributed by atoms with Crippen LogP contribution in [0.3, 0.4) is 0 Å². The maximum Gasteiger partial charge on any atom is 0.354 e. The fourth-order valence-electron chi connectivity index (χ4n) is 5.04. The minimum absolute atomic E-state index is 0.187. The van der Waals surface area contributed by atoms with Crippen LogP contribution in [0, 0.1) is 11.3 Å². The molecule has 3 atom stereocenters. The average Bonchev–Trinajstić information content (AvgIpc) is 3.37. The zero-order chi connectivity index (χ0) is 24.4. The quantitative estimate of drug-likeness (QED) is 0.263. The van der Waals surface area contributed by atoms with Crippen LogP contribution in [0.15, 0.2) is 47.4 Å². The van der Waals surface area contributed by atoms with E-state index >= 15 is 0 Å². The lowest BCUT2D eigenvalue weighted by Crippen LogP contribution is -2.32. The number of hydrogen-bond donors (Lipinski definition) is 5. The van der Waals surface area contributed by atoms with Gasteiger partial charge in [-0.15, -0.1) is 0 Å². The number of hydrogen-bond acceptors (Lipinski definition) is 6. The number of aromatic nitrogens is 3. The van der Waals surface area contributed by atoms with Crippen LogP contribution in [0.25, 0.3) is 22.4 Å². The summed E-state index contributed by atoms with van der Waals surface area (Å²) >= 11 is 1.41. The van der Waals surface area contributed by atoms with Crippen LogP contribution >= 0.6 is 11.8 Å². The predicted molar refractivity (Wildman–Crippen MR) is 144 cm³/mol. The molecule has 6 N–H and O–H groups in total. The molecule has 3 aromatic rings. The molecule has 0 bridgehead atoms. The smallest absolute Gasteiger partial charge is 0.354 e. The highest BCUT2D eigenvalue weighted by atomic mass is 32.2. The Balaban J connectivity index is 1.33. The molecular formula is C26H33N7OS. The fourth-order valence-corrected chi connectivity index (χ4v) is 5.66. The summed E-state index contributed by atoms with van der Waals surface area (Å²) in [7, 11) is 0. The van der Waals surface area contributed by atoms with E-state index < -0.39 is 0 Å². The Morgan fingerprint density at radius 3 is 2.80 bits per heavy atom. The zero-order valence-electron chi connectivity index (χ0n) is 20.0. The molecule has 5 rings (SSSR count). The molecule has 1 saturated heterocycles. The van der Waals surface area contributed by atoms with Gasteiger partial charge in [0.2, 0.25) is 0 Å². The van der Waals surface area contributed by atoms with Crippen molar-refractivity contribution in [3.05, 3.63) is 64.3 Å². The minimum Gasteiger partial charge on any atom is -0.383 e. The molecule has 35 heavy (non-hydrogen) atoms. The van der Waals surface area contributed by atoms with E-state index in [9.17, 15) is 4.79 Å². The molecule has 0 amide bonds. The van der Waals surface area contributed by atoms with Crippen molar-refractivity contribution in [2.45, 2.75) is 51.1 Å². The van der Waals surface area contributed by atoms with E-state index in [1.807, 2.05) is 24.4 Å². The Hall–Kier alpha value is -3.04. The lowest BCUT2D eigenvalue weighted by molar-refractivity contribution is 0.431. The van der Waals surface area contributed by atoms with E-state index in [0.717, 1.165) is 54.0 Å². The van der Waals surface area contributed by atoms with E-state index in [4.69, 9.17) is 11.1 Å². The number of amidine groups is 1. The van der Waals surface area contributed by atoms with Gasteiger partial charge < -0.3 is 21.4 Å². The Bertz CT molecular complexity index is 1290. The van der Waals surface area contributed by atoms with Gasteiger partial charge in [0.25, 0.3) is 0 Å². The molecule has 9 heteroatoms. The molecule has 8 nitrogen and oxygen atoms in total. The number of thioether (sulfide) groups is 1. The van der Waals surface area contributed by atoms with Crippen LogP contribution in [0.4, 0.5) is 0 Å². The average molecular weight is 492 g/mol. The Labute approximate surface area is 209 Å². The van der Waals surface area contributed by atoms with Gasteiger partial charge in [-0.05, 0) is 48.9 Å². The van der Waals surface area contributed by atoms with E-state index in [1.54, 1.807) is 4.57 Å².